The maximum absolute atomic E-state index is 12.8. The SMILES string of the molecule is CC(C)(C)OC(=O)NC1CC(Cc2nnc([C@@H]3CC4(CC4)[C@@H]4CN3C(=O)N4OS(=O)(=O)O)o2)C1. The quantitative estimate of drug-likeness (QED) is 0.553. The minimum atomic E-state index is -4.82. The lowest BCUT2D eigenvalue weighted by Crippen LogP contribution is -2.46. The van der Waals surface area contributed by atoms with Gasteiger partial charge < -0.3 is 19.4 Å². The Labute approximate surface area is 197 Å². The molecule has 3 heterocycles. The van der Waals surface area contributed by atoms with Gasteiger partial charge in [-0.1, -0.05) is 0 Å². The van der Waals surface area contributed by atoms with Crippen LogP contribution in [0.15, 0.2) is 4.42 Å². The van der Waals surface area contributed by atoms with Gasteiger partial charge in [-0.3, -0.25) is 4.55 Å². The summed E-state index contributed by atoms with van der Waals surface area (Å²) in [5.74, 6) is 1.05. The van der Waals surface area contributed by atoms with Gasteiger partial charge in [-0.05, 0) is 64.2 Å². The average molecular weight is 500 g/mol. The summed E-state index contributed by atoms with van der Waals surface area (Å²) in [6.45, 7) is 5.71. The van der Waals surface area contributed by atoms with E-state index in [1.54, 1.807) is 0 Å². The van der Waals surface area contributed by atoms with Crippen molar-refractivity contribution in [2.75, 3.05) is 6.54 Å². The minimum Gasteiger partial charge on any atom is -0.444 e. The first-order valence-corrected chi connectivity index (χ1v) is 12.8. The van der Waals surface area contributed by atoms with Gasteiger partial charge in [0.2, 0.25) is 11.8 Å². The molecule has 5 rings (SSSR count). The van der Waals surface area contributed by atoms with Gasteiger partial charge in [-0.2, -0.15) is 13.5 Å². The van der Waals surface area contributed by atoms with Crippen molar-refractivity contribution in [1.29, 1.82) is 0 Å². The van der Waals surface area contributed by atoms with Crippen molar-refractivity contribution in [3.8, 4) is 0 Å². The van der Waals surface area contributed by atoms with E-state index >= 15 is 0 Å². The molecule has 4 fully saturated rings. The molecule has 4 aliphatic rings. The van der Waals surface area contributed by atoms with Crippen molar-refractivity contribution in [3.05, 3.63) is 11.8 Å². The highest BCUT2D eigenvalue weighted by Gasteiger charge is 2.65. The number of aromatic nitrogens is 2. The molecule has 188 valence electrons. The first-order chi connectivity index (χ1) is 15.8. The number of ether oxygens (including phenoxy) is 1. The van der Waals surface area contributed by atoms with Gasteiger partial charge >= 0.3 is 22.5 Å². The highest BCUT2D eigenvalue weighted by Crippen LogP contribution is 2.61. The van der Waals surface area contributed by atoms with Gasteiger partial charge in [0.15, 0.2) is 0 Å². The zero-order valence-electron chi connectivity index (χ0n) is 19.3. The van der Waals surface area contributed by atoms with Gasteiger partial charge in [0.25, 0.3) is 0 Å². The van der Waals surface area contributed by atoms with Crippen LogP contribution in [-0.4, -0.2) is 69.5 Å². The summed E-state index contributed by atoms with van der Waals surface area (Å²) in [6, 6.07) is -1.54. The van der Waals surface area contributed by atoms with Crippen molar-refractivity contribution >= 4 is 22.5 Å². The third-order valence-electron chi connectivity index (χ3n) is 7.02. The number of alkyl carbamates (subject to hydrolysis) is 1. The summed E-state index contributed by atoms with van der Waals surface area (Å²) in [4.78, 5) is 26.2. The van der Waals surface area contributed by atoms with E-state index in [1.165, 1.54) is 4.90 Å². The lowest BCUT2D eigenvalue weighted by atomic mass is 9.78. The van der Waals surface area contributed by atoms with Crippen LogP contribution in [0.1, 0.15) is 70.7 Å². The lowest BCUT2D eigenvalue weighted by molar-refractivity contribution is -0.0530. The van der Waals surface area contributed by atoms with Gasteiger partial charge in [0.1, 0.15) is 11.6 Å². The van der Waals surface area contributed by atoms with Crippen LogP contribution in [0.5, 0.6) is 0 Å². The molecule has 0 radical (unpaired) electrons. The predicted octanol–water partition coefficient (Wildman–Crippen LogP) is 1.98. The largest absolute Gasteiger partial charge is 0.444 e. The molecule has 2 aliphatic carbocycles. The van der Waals surface area contributed by atoms with Crippen molar-refractivity contribution < 1.29 is 36.0 Å². The number of hydrogen-bond donors (Lipinski definition) is 2. The average Bonchev–Trinajstić information content (AvgIpc) is 3.17. The molecule has 2 bridgehead atoms. The topological polar surface area (TPSA) is 164 Å². The number of nitrogens with zero attached hydrogens (tertiary/aromatic N) is 4. The Morgan fingerprint density at radius 3 is 2.62 bits per heavy atom. The third-order valence-corrected chi connectivity index (χ3v) is 7.37. The molecule has 3 amide bonds. The Hall–Kier alpha value is -2.45. The summed E-state index contributed by atoms with van der Waals surface area (Å²) >= 11 is 0. The van der Waals surface area contributed by atoms with Gasteiger partial charge in [-0.15, -0.1) is 14.5 Å². The van der Waals surface area contributed by atoms with Gasteiger partial charge in [0, 0.05) is 19.0 Å². The van der Waals surface area contributed by atoms with E-state index in [1.807, 2.05) is 20.8 Å². The maximum atomic E-state index is 12.8. The summed E-state index contributed by atoms with van der Waals surface area (Å²) in [5, 5.41) is 12.0. The van der Waals surface area contributed by atoms with E-state index in [0.717, 1.165) is 30.7 Å². The Balaban J connectivity index is 1.19. The number of hydrogen-bond acceptors (Lipinski definition) is 9. The highest BCUT2D eigenvalue weighted by atomic mass is 32.3. The van der Waals surface area contributed by atoms with Crippen LogP contribution in [0.4, 0.5) is 9.59 Å². The van der Waals surface area contributed by atoms with Crippen LogP contribution in [0.25, 0.3) is 0 Å². The molecule has 2 saturated heterocycles. The molecule has 0 unspecified atom stereocenters. The smallest absolute Gasteiger partial charge is 0.418 e. The molecule has 1 aromatic heterocycles. The Bertz CT molecular complexity index is 1090. The van der Waals surface area contributed by atoms with E-state index in [2.05, 4.69) is 19.8 Å². The maximum Gasteiger partial charge on any atom is 0.418 e. The van der Waals surface area contributed by atoms with Gasteiger partial charge in [0.05, 0.1) is 6.04 Å². The first-order valence-electron chi connectivity index (χ1n) is 11.4. The summed E-state index contributed by atoms with van der Waals surface area (Å²) in [6.07, 6.45) is 3.87. The van der Waals surface area contributed by atoms with E-state index in [4.69, 9.17) is 13.7 Å². The second-order valence-corrected chi connectivity index (χ2v) is 11.8. The molecule has 2 N–H and O–H groups in total. The number of urea groups is 1. The van der Waals surface area contributed by atoms with Gasteiger partial charge in [-0.25, -0.2) is 9.59 Å². The second-order valence-electron chi connectivity index (χ2n) is 10.8. The molecule has 2 atom stereocenters. The second kappa shape index (κ2) is 7.78. The number of fused-ring (bicyclic) bond motifs is 3. The van der Waals surface area contributed by atoms with E-state index in [-0.39, 0.29) is 23.9 Å². The number of rotatable bonds is 6. The monoisotopic (exact) mass is 499 g/mol. The summed E-state index contributed by atoms with van der Waals surface area (Å²) < 4.78 is 47.3. The number of nitrogens with one attached hydrogen (secondary N) is 1. The zero-order valence-corrected chi connectivity index (χ0v) is 20.1. The molecule has 1 aromatic rings. The van der Waals surface area contributed by atoms with Crippen LogP contribution >= 0.6 is 0 Å². The Morgan fingerprint density at radius 1 is 1.29 bits per heavy atom. The summed E-state index contributed by atoms with van der Waals surface area (Å²) in [7, 11) is -4.82. The van der Waals surface area contributed by atoms with Crippen LogP contribution in [0.2, 0.25) is 0 Å². The standard InChI is InChI=1S/C20H29N5O8S/c1-19(2,3)32-17(26)21-12-6-11(7-12)8-15-22-23-16(31-15)13-9-20(4-5-20)14-10-24(13)18(27)25(14)33-34(28,29)30/h11-14H,4-10H2,1-3H3,(H,21,26)(H,28,29,30)/t11?,12?,13-,14-/m0/s1. The van der Waals surface area contributed by atoms with Crippen LogP contribution in [-0.2, 0) is 25.8 Å². The van der Waals surface area contributed by atoms with Crippen molar-refractivity contribution in [1.82, 2.24) is 25.5 Å². The number of carbonyl (C=O) groups excluding carboxylic acids is 2. The zero-order chi connectivity index (χ0) is 24.5. The number of carbonyl (C=O) groups is 2. The van der Waals surface area contributed by atoms with Crippen LogP contribution < -0.4 is 5.32 Å². The Kier molecular flexibility index (Phi) is 5.33. The molecule has 34 heavy (non-hydrogen) atoms. The molecular weight excluding hydrogens is 470 g/mol. The van der Waals surface area contributed by atoms with E-state index < -0.39 is 40.2 Å². The predicted molar refractivity (Wildman–Crippen MR) is 113 cm³/mol. The fourth-order valence-corrected chi connectivity index (χ4v) is 5.63. The molecule has 0 aromatic carbocycles. The third kappa shape index (κ3) is 4.58. The molecule has 2 aliphatic heterocycles. The number of amides is 3. The van der Waals surface area contributed by atoms with E-state index in [9.17, 15) is 18.0 Å². The molecule has 14 heteroatoms. The normalized spacial score (nSPS) is 29.8. The first kappa shape index (κ1) is 23.3. The fraction of sp³-hybridized carbons (Fsp3) is 0.800. The molecule has 1 spiro atoms. The van der Waals surface area contributed by atoms with Crippen LogP contribution in [0, 0.1) is 11.3 Å². The minimum absolute atomic E-state index is 0.0447. The Morgan fingerprint density at radius 2 is 2.00 bits per heavy atom. The highest BCUT2D eigenvalue weighted by molar-refractivity contribution is 7.80. The van der Waals surface area contributed by atoms with Crippen molar-refractivity contribution in [3.63, 3.8) is 0 Å². The van der Waals surface area contributed by atoms with Crippen molar-refractivity contribution in [2.45, 2.75) is 83.0 Å². The molecule has 2 saturated carbocycles. The fourth-order valence-electron chi connectivity index (χ4n) is 5.26. The number of piperidine rings is 1. The summed E-state index contributed by atoms with van der Waals surface area (Å²) in [5.41, 5.74) is -0.834. The van der Waals surface area contributed by atoms with Crippen molar-refractivity contribution in [2.24, 2.45) is 11.3 Å². The lowest BCUT2D eigenvalue weighted by Gasteiger charge is -2.35. The van der Waals surface area contributed by atoms with E-state index in [0.29, 0.717) is 24.6 Å². The number of hydroxylamine groups is 2. The molecule has 13 nitrogen and oxygen atoms in total. The molecular formula is C20H29N5O8S. The van der Waals surface area contributed by atoms with Crippen LogP contribution in [0.3, 0.4) is 0 Å².